The lowest BCUT2D eigenvalue weighted by Crippen LogP contribution is -2.40. The van der Waals surface area contributed by atoms with Crippen molar-refractivity contribution in [1.82, 2.24) is 9.97 Å². The standard InChI is InChI=1S/C16H13F4N5O3/c17-9-2-1-7(24-14(27)11-5-23-13(26)6-22-11)3-8(9)10-4-12(16(18,19)20)28-15(21)25-10/h1-3,5-6,10,12H,4H2,(H2,21,25)(H,23,26)(H,24,27)/t10-,12-/m0/s1. The van der Waals surface area contributed by atoms with Crippen LogP contribution in [0.4, 0.5) is 23.2 Å². The Balaban J connectivity index is 1.85. The van der Waals surface area contributed by atoms with Gasteiger partial charge in [-0.2, -0.15) is 13.2 Å². The Hall–Kier alpha value is -3.44. The normalized spacial score (nSPS) is 19.5. The number of alkyl halides is 3. The third-order valence-electron chi connectivity index (χ3n) is 3.87. The molecule has 28 heavy (non-hydrogen) atoms. The Kier molecular flexibility index (Phi) is 5.03. The molecule has 1 amide bonds. The van der Waals surface area contributed by atoms with E-state index in [2.05, 4.69) is 25.0 Å². The second kappa shape index (κ2) is 7.29. The Bertz CT molecular complexity index is 968. The summed E-state index contributed by atoms with van der Waals surface area (Å²) in [7, 11) is 0. The first-order chi connectivity index (χ1) is 13.1. The largest absolute Gasteiger partial charge is 0.452 e. The minimum absolute atomic E-state index is 0.0956. The number of nitrogens with one attached hydrogen (secondary N) is 2. The SMILES string of the molecule is NC1=N[C@H](c2cc(NC(=O)c3c[nH]c(=O)cn3)ccc2F)C[C@@H](C(F)(F)F)O1. The van der Waals surface area contributed by atoms with Crippen molar-refractivity contribution < 1.29 is 27.1 Å². The highest BCUT2D eigenvalue weighted by Gasteiger charge is 2.46. The van der Waals surface area contributed by atoms with Gasteiger partial charge in [0.25, 0.3) is 17.5 Å². The zero-order chi connectivity index (χ0) is 20.5. The lowest BCUT2D eigenvalue weighted by Gasteiger charge is -2.29. The van der Waals surface area contributed by atoms with Gasteiger partial charge in [-0.05, 0) is 18.2 Å². The summed E-state index contributed by atoms with van der Waals surface area (Å²) in [6.45, 7) is 0. The van der Waals surface area contributed by atoms with Gasteiger partial charge >= 0.3 is 6.18 Å². The van der Waals surface area contributed by atoms with Crippen LogP contribution in [0.3, 0.4) is 0 Å². The summed E-state index contributed by atoms with van der Waals surface area (Å²) in [4.78, 5) is 32.8. The number of hydrogen-bond donors (Lipinski definition) is 3. The summed E-state index contributed by atoms with van der Waals surface area (Å²) in [6.07, 6.45) is -5.60. The van der Waals surface area contributed by atoms with E-state index in [-0.39, 0.29) is 16.9 Å². The number of carbonyl (C=O) groups is 1. The third kappa shape index (κ3) is 4.27. The number of nitrogens with zero attached hydrogens (tertiary/aromatic N) is 2. The van der Waals surface area contributed by atoms with E-state index in [0.717, 1.165) is 24.5 Å². The van der Waals surface area contributed by atoms with E-state index in [9.17, 15) is 27.2 Å². The fraction of sp³-hybridized carbons (Fsp3) is 0.250. The molecule has 1 aliphatic rings. The number of aromatic nitrogens is 2. The predicted octanol–water partition coefficient (Wildman–Crippen LogP) is 1.87. The molecule has 0 aliphatic carbocycles. The van der Waals surface area contributed by atoms with Crippen LogP contribution in [0, 0.1) is 5.82 Å². The van der Waals surface area contributed by atoms with Gasteiger partial charge in [0.15, 0.2) is 6.10 Å². The molecular formula is C16H13F4N5O3. The highest BCUT2D eigenvalue weighted by molar-refractivity contribution is 6.02. The highest BCUT2D eigenvalue weighted by Crippen LogP contribution is 2.37. The van der Waals surface area contributed by atoms with Crippen LogP contribution in [-0.4, -0.2) is 34.2 Å². The minimum atomic E-state index is -4.70. The molecule has 0 saturated carbocycles. The molecule has 1 aliphatic heterocycles. The zero-order valence-corrected chi connectivity index (χ0v) is 14.0. The fourth-order valence-electron chi connectivity index (χ4n) is 2.57. The maximum Gasteiger partial charge on any atom is 0.425 e. The van der Waals surface area contributed by atoms with Crippen LogP contribution in [0.25, 0.3) is 0 Å². The quantitative estimate of drug-likeness (QED) is 0.680. The number of nitrogens with two attached hydrogens (primary N) is 1. The first-order valence-electron chi connectivity index (χ1n) is 7.85. The summed E-state index contributed by atoms with van der Waals surface area (Å²) in [6, 6.07) is 1.40. The van der Waals surface area contributed by atoms with E-state index in [1.807, 2.05) is 0 Å². The highest BCUT2D eigenvalue weighted by atomic mass is 19.4. The van der Waals surface area contributed by atoms with Gasteiger partial charge in [-0.15, -0.1) is 0 Å². The molecule has 8 nitrogen and oxygen atoms in total. The molecule has 1 aromatic carbocycles. The number of anilines is 1. The number of halogens is 4. The molecule has 0 fully saturated rings. The van der Waals surface area contributed by atoms with E-state index in [4.69, 9.17) is 5.73 Å². The Labute approximate surface area is 154 Å². The van der Waals surface area contributed by atoms with Crippen molar-refractivity contribution in [3.63, 3.8) is 0 Å². The number of ether oxygens (including phenoxy) is 1. The van der Waals surface area contributed by atoms with Gasteiger partial charge in [-0.3, -0.25) is 9.59 Å². The number of rotatable bonds is 3. The fourth-order valence-corrected chi connectivity index (χ4v) is 2.57. The molecule has 3 rings (SSSR count). The topological polar surface area (TPSA) is 122 Å². The van der Waals surface area contributed by atoms with Crippen LogP contribution >= 0.6 is 0 Å². The smallest absolute Gasteiger partial charge is 0.425 e. The van der Waals surface area contributed by atoms with Gasteiger partial charge in [0.1, 0.15) is 11.5 Å². The van der Waals surface area contributed by atoms with Crippen molar-refractivity contribution in [2.75, 3.05) is 5.32 Å². The molecule has 0 saturated heterocycles. The van der Waals surface area contributed by atoms with E-state index in [0.29, 0.717) is 0 Å². The average molecular weight is 399 g/mol. The van der Waals surface area contributed by atoms with E-state index < -0.39 is 48.0 Å². The van der Waals surface area contributed by atoms with E-state index in [1.54, 1.807) is 0 Å². The van der Waals surface area contributed by atoms with Gasteiger partial charge in [-0.25, -0.2) is 14.4 Å². The Morgan fingerprint density at radius 3 is 2.75 bits per heavy atom. The summed E-state index contributed by atoms with van der Waals surface area (Å²) >= 11 is 0. The molecule has 1 aromatic heterocycles. The van der Waals surface area contributed by atoms with Crippen LogP contribution in [0.5, 0.6) is 0 Å². The van der Waals surface area contributed by atoms with Crippen molar-refractivity contribution in [2.24, 2.45) is 10.7 Å². The van der Waals surface area contributed by atoms with E-state index in [1.165, 1.54) is 6.07 Å². The second-order valence-electron chi connectivity index (χ2n) is 5.85. The van der Waals surface area contributed by atoms with E-state index >= 15 is 0 Å². The molecule has 0 radical (unpaired) electrons. The maximum absolute atomic E-state index is 14.2. The monoisotopic (exact) mass is 399 g/mol. The Morgan fingerprint density at radius 2 is 2.11 bits per heavy atom. The summed E-state index contributed by atoms with van der Waals surface area (Å²) in [5.41, 5.74) is 4.59. The van der Waals surface area contributed by atoms with Gasteiger partial charge in [-0.1, -0.05) is 0 Å². The molecule has 0 unspecified atom stereocenters. The number of H-pyrrole nitrogens is 1. The number of amidine groups is 1. The van der Waals surface area contributed by atoms with Crippen molar-refractivity contribution in [3.8, 4) is 0 Å². The number of aliphatic imine (C=N–C) groups is 1. The number of benzene rings is 1. The average Bonchev–Trinajstić information content (AvgIpc) is 2.62. The first-order valence-corrected chi connectivity index (χ1v) is 7.85. The molecule has 148 valence electrons. The number of amides is 1. The van der Waals surface area contributed by atoms with Gasteiger partial charge in [0, 0.05) is 23.9 Å². The number of aromatic amines is 1. The second-order valence-corrected chi connectivity index (χ2v) is 5.85. The van der Waals surface area contributed by atoms with Gasteiger partial charge < -0.3 is 20.8 Å². The van der Waals surface area contributed by atoms with Gasteiger partial charge in [0.05, 0.1) is 12.2 Å². The van der Waals surface area contributed by atoms with Crippen LogP contribution in [-0.2, 0) is 4.74 Å². The third-order valence-corrected chi connectivity index (χ3v) is 3.87. The molecule has 2 heterocycles. The molecule has 2 aromatic rings. The first kappa shape index (κ1) is 19.3. The van der Waals surface area contributed by atoms with Crippen LogP contribution in [0.15, 0.2) is 40.4 Å². The van der Waals surface area contributed by atoms with Crippen LogP contribution in [0.1, 0.15) is 28.5 Å². The molecular weight excluding hydrogens is 386 g/mol. The lowest BCUT2D eigenvalue weighted by atomic mass is 9.98. The zero-order valence-electron chi connectivity index (χ0n) is 14.0. The maximum atomic E-state index is 14.2. The predicted molar refractivity (Wildman–Crippen MR) is 89.1 cm³/mol. The molecule has 0 bridgehead atoms. The van der Waals surface area contributed by atoms with Crippen molar-refractivity contribution in [1.29, 1.82) is 0 Å². The number of carbonyl (C=O) groups excluding carboxylic acids is 1. The number of hydrogen-bond acceptors (Lipinski definition) is 6. The Morgan fingerprint density at radius 1 is 1.36 bits per heavy atom. The molecule has 12 heteroatoms. The van der Waals surface area contributed by atoms with Gasteiger partial charge in [0.2, 0.25) is 0 Å². The van der Waals surface area contributed by atoms with Crippen molar-refractivity contribution in [3.05, 3.63) is 58.0 Å². The van der Waals surface area contributed by atoms with Crippen LogP contribution < -0.4 is 16.6 Å². The lowest BCUT2D eigenvalue weighted by molar-refractivity contribution is -0.204. The molecule has 4 N–H and O–H groups in total. The summed E-state index contributed by atoms with van der Waals surface area (Å²) in [5.74, 6) is -1.53. The minimum Gasteiger partial charge on any atom is -0.452 e. The van der Waals surface area contributed by atoms with Crippen molar-refractivity contribution in [2.45, 2.75) is 24.7 Å². The van der Waals surface area contributed by atoms with Crippen LogP contribution in [0.2, 0.25) is 0 Å². The van der Waals surface area contributed by atoms with Crippen molar-refractivity contribution >= 4 is 17.6 Å². The summed E-state index contributed by atoms with van der Waals surface area (Å²) < 4.78 is 57.6. The molecule has 0 spiro atoms. The summed E-state index contributed by atoms with van der Waals surface area (Å²) in [5, 5.41) is 2.41. The molecule has 2 atom stereocenters.